The normalized spacial score (nSPS) is 16.3. The van der Waals surface area contributed by atoms with Gasteiger partial charge in [0.15, 0.2) is 0 Å². The molecule has 1 aliphatic heterocycles. The zero-order valence-corrected chi connectivity index (χ0v) is 13.8. The molecule has 0 aliphatic carbocycles. The lowest BCUT2D eigenvalue weighted by atomic mass is 10.0. The van der Waals surface area contributed by atoms with Gasteiger partial charge in [-0.25, -0.2) is 9.18 Å². The second kappa shape index (κ2) is 7.09. The largest absolute Gasteiger partial charge is 0.468 e. The SMILES string of the molecule is COC(=O)[C@H](N[C@@H](C)c1nnc2n1CCCC2)c1ccccc1F. The van der Waals surface area contributed by atoms with Crippen molar-refractivity contribution in [3.63, 3.8) is 0 Å². The molecular formula is C17H21FN4O2. The van der Waals surface area contributed by atoms with Gasteiger partial charge in [-0.15, -0.1) is 10.2 Å². The average Bonchev–Trinajstić information content (AvgIpc) is 3.04. The number of benzene rings is 1. The van der Waals surface area contributed by atoms with Gasteiger partial charge in [-0.1, -0.05) is 18.2 Å². The van der Waals surface area contributed by atoms with E-state index < -0.39 is 17.8 Å². The van der Waals surface area contributed by atoms with Crippen LogP contribution in [0.5, 0.6) is 0 Å². The Morgan fingerprint density at radius 2 is 2.12 bits per heavy atom. The Morgan fingerprint density at radius 3 is 2.88 bits per heavy atom. The molecule has 24 heavy (non-hydrogen) atoms. The first-order valence-electron chi connectivity index (χ1n) is 8.12. The van der Waals surface area contributed by atoms with Gasteiger partial charge in [0.2, 0.25) is 0 Å². The highest BCUT2D eigenvalue weighted by atomic mass is 19.1. The van der Waals surface area contributed by atoms with Crippen LogP contribution in [0.1, 0.15) is 49.1 Å². The van der Waals surface area contributed by atoms with Crippen LogP contribution in [0, 0.1) is 5.82 Å². The number of ether oxygens (including phenoxy) is 1. The van der Waals surface area contributed by atoms with E-state index in [1.165, 1.54) is 13.2 Å². The zero-order chi connectivity index (χ0) is 17.1. The van der Waals surface area contributed by atoms with E-state index in [0.717, 1.165) is 37.5 Å². The molecule has 3 rings (SSSR count). The number of hydrogen-bond donors (Lipinski definition) is 1. The van der Waals surface area contributed by atoms with Crippen molar-refractivity contribution >= 4 is 5.97 Å². The minimum atomic E-state index is -0.900. The van der Waals surface area contributed by atoms with Crippen molar-refractivity contribution in [3.8, 4) is 0 Å². The molecule has 0 radical (unpaired) electrons. The molecule has 0 bridgehead atoms. The summed E-state index contributed by atoms with van der Waals surface area (Å²) in [5.74, 6) is 0.738. The number of carbonyl (C=O) groups is 1. The summed E-state index contributed by atoms with van der Waals surface area (Å²) in [6.07, 6.45) is 3.10. The Kier molecular flexibility index (Phi) is 4.89. The molecule has 1 aliphatic rings. The van der Waals surface area contributed by atoms with Crippen molar-refractivity contribution in [1.29, 1.82) is 0 Å². The van der Waals surface area contributed by atoms with Gasteiger partial charge >= 0.3 is 5.97 Å². The molecule has 2 aromatic rings. The maximum atomic E-state index is 14.1. The molecule has 0 saturated heterocycles. The number of aromatic nitrogens is 3. The number of halogens is 1. The molecule has 1 aromatic heterocycles. The second-order valence-corrected chi connectivity index (χ2v) is 5.95. The van der Waals surface area contributed by atoms with Crippen LogP contribution in [-0.2, 0) is 22.5 Å². The number of hydrogen-bond acceptors (Lipinski definition) is 5. The first-order chi connectivity index (χ1) is 11.6. The highest BCUT2D eigenvalue weighted by Gasteiger charge is 2.28. The Bertz CT molecular complexity index is 731. The Morgan fingerprint density at radius 1 is 1.33 bits per heavy atom. The maximum absolute atomic E-state index is 14.1. The van der Waals surface area contributed by atoms with Crippen LogP contribution >= 0.6 is 0 Å². The van der Waals surface area contributed by atoms with Gasteiger partial charge in [0.05, 0.1) is 13.2 Å². The minimum Gasteiger partial charge on any atom is -0.468 e. The fraction of sp³-hybridized carbons (Fsp3) is 0.471. The van der Waals surface area contributed by atoms with Gasteiger partial charge in [-0.3, -0.25) is 5.32 Å². The zero-order valence-electron chi connectivity index (χ0n) is 13.8. The quantitative estimate of drug-likeness (QED) is 0.851. The smallest absolute Gasteiger partial charge is 0.327 e. The Balaban J connectivity index is 1.86. The highest BCUT2D eigenvalue weighted by Crippen LogP contribution is 2.24. The van der Waals surface area contributed by atoms with Crippen LogP contribution in [0.3, 0.4) is 0 Å². The van der Waals surface area contributed by atoms with Crippen LogP contribution < -0.4 is 5.32 Å². The molecule has 128 valence electrons. The van der Waals surface area contributed by atoms with Gasteiger partial charge in [-0.05, 0) is 25.8 Å². The molecule has 1 aromatic carbocycles. The van der Waals surface area contributed by atoms with Gasteiger partial charge < -0.3 is 9.30 Å². The molecule has 2 atom stereocenters. The number of nitrogens with zero attached hydrogens (tertiary/aromatic N) is 3. The van der Waals surface area contributed by atoms with E-state index in [9.17, 15) is 9.18 Å². The minimum absolute atomic E-state index is 0.259. The fourth-order valence-corrected chi connectivity index (χ4v) is 3.09. The number of esters is 1. The van der Waals surface area contributed by atoms with E-state index in [1.54, 1.807) is 18.2 Å². The summed E-state index contributed by atoms with van der Waals surface area (Å²) in [7, 11) is 1.29. The van der Waals surface area contributed by atoms with Gasteiger partial charge in [-0.2, -0.15) is 0 Å². The van der Waals surface area contributed by atoms with Gasteiger partial charge in [0.1, 0.15) is 23.5 Å². The second-order valence-electron chi connectivity index (χ2n) is 5.95. The summed E-state index contributed by atoms with van der Waals surface area (Å²) >= 11 is 0. The molecule has 2 heterocycles. The van der Waals surface area contributed by atoms with E-state index in [0.29, 0.717) is 0 Å². The Hall–Kier alpha value is -2.28. The molecule has 0 spiro atoms. The van der Waals surface area contributed by atoms with Crippen molar-refractivity contribution in [1.82, 2.24) is 20.1 Å². The fourth-order valence-electron chi connectivity index (χ4n) is 3.09. The van der Waals surface area contributed by atoms with E-state index in [1.807, 2.05) is 6.92 Å². The van der Waals surface area contributed by atoms with Crippen molar-refractivity contribution in [2.24, 2.45) is 0 Å². The third kappa shape index (κ3) is 3.17. The van der Waals surface area contributed by atoms with E-state index in [-0.39, 0.29) is 11.6 Å². The van der Waals surface area contributed by atoms with Crippen LogP contribution in [0.25, 0.3) is 0 Å². The number of carbonyl (C=O) groups excluding carboxylic acids is 1. The predicted molar refractivity (Wildman–Crippen MR) is 85.7 cm³/mol. The maximum Gasteiger partial charge on any atom is 0.327 e. The monoisotopic (exact) mass is 332 g/mol. The number of aryl methyl sites for hydroxylation is 1. The average molecular weight is 332 g/mol. The van der Waals surface area contributed by atoms with Crippen LogP contribution in [-0.4, -0.2) is 27.8 Å². The number of rotatable bonds is 5. The number of fused-ring (bicyclic) bond motifs is 1. The van der Waals surface area contributed by atoms with Crippen LogP contribution in [0.4, 0.5) is 4.39 Å². The molecular weight excluding hydrogens is 311 g/mol. The van der Waals surface area contributed by atoms with Crippen molar-refractivity contribution in [2.75, 3.05) is 7.11 Å². The number of nitrogens with one attached hydrogen (secondary N) is 1. The molecule has 0 amide bonds. The Labute approximate surface area is 140 Å². The van der Waals surface area contributed by atoms with E-state index in [4.69, 9.17) is 4.74 Å². The predicted octanol–water partition coefficient (Wildman–Crippen LogP) is 2.32. The summed E-state index contributed by atoms with van der Waals surface area (Å²) in [6, 6.07) is 5.02. The molecule has 0 saturated carbocycles. The first kappa shape index (κ1) is 16.6. The summed E-state index contributed by atoms with van der Waals surface area (Å²) in [6.45, 7) is 2.76. The van der Waals surface area contributed by atoms with Crippen LogP contribution in [0.2, 0.25) is 0 Å². The molecule has 1 N–H and O–H groups in total. The molecule has 0 fully saturated rings. The van der Waals surface area contributed by atoms with Crippen molar-refractivity contribution in [2.45, 2.75) is 44.8 Å². The molecule has 6 nitrogen and oxygen atoms in total. The number of methoxy groups -OCH3 is 1. The van der Waals surface area contributed by atoms with Gasteiger partial charge in [0, 0.05) is 18.5 Å². The summed E-state index contributed by atoms with van der Waals surface area (Å²) in [4.78, 5) is 12.2. The van der Waals surface area contributed by atoms with Crippen LogP contribution in [0.15, 0.2) is 24.3 Å². The topological polar surface area (TPSA) is 69.0 Å². The molecule has 0 unspecified atom stereocenters. The van der Waals surface area contributed by atoms with Crippen molar-refractivity contribution < 1.29 is 13.9 Å². The summed E-state index contributed by atoms with van der Waals surface area (Å²) in [5.41, 5.74) is 0.259. The lowest BCUT2D eigenvalue weighted by molar-refractivity contribution is -0.143. The summed E-state index contributed by atoms with van der Waals surface area (Å²) in [5, 5.41) is 11.6. The lowest BCUT2D eigenvalue weighted by Crippen LogP contribution is -2.34. The van der Waals surface area contributed by atoms with E-state index in [2.05, 4.69) is 20.1 Å². The van der Waals surface area contributed by atoms with Crippen molar-refractivity contribution in [3.05, 3.63) is 47.3 Å². The third-order valence-electron chi connectivity index (χ3n) is 4.35. The van der Waals surface area contributed by atoms with E-state index >= 15 is 0 Å². The standard InChI is InChI=1S/C17H21FN4O2/c1-11(16-21-20-14-9-5-6-10-22(14)16)19-15(17(23)24-2)12-7-3-4-8-13(12)18/h3-4,7-8,11,15,19H,5-6,9-10H2,1-2H3/t11-,15+/m0/s1. The highest BCUT2D eigenvalue weighted by molar-refractivity contribution is 5.77. The molecule has 7 heteroatoms. The first-order valence-corrected chi connectivity index (χ1v) is 8.12. The van der Waals surface area contributed by atoms with Gasteiger partial charge in [0.25, 0.3) is 0 Å². The summed E-state index contributed by atoms with van der Waals surface area (Å²) < 4.78 is 21.0. The lowest BCUT2D eigenvalue weighted by Gasteiger charge is -2.23. The third-order valence-corrected chi connectivity index (χ3v) is 4.35.